The zero-order valence-electron chi connectivity index (χ0n) is 15.8. The molecule has 0 aliphatic heterocycles. The molecular formula is C19H28F7P. The molecule has 0 fully saturated rings. The molecule has 0 spiro atoms. The predicted octanol–water partition coefficient (Wildman–Crippen LogP) is 8.28. The van der Waals surface area contributed by atoms with Crippen LogP contribution in [0.1, 0.15) is 65.2 Å². The van der Waals surface area contributed by atoms with Crippen molar-refractivity contribution >= 4 is 7.92 Å². The highest BCUT2D eigenvalue weighted by molar-refractivity contribution is 7.60. The first-order valence-corrected chi connectivity index (χ1v) is 10.9. The van der Waals surface area contributed by atoms with Gasteiger partial charge in [-0.25, -0.2) is 4.39 Å². The zero-order valence-corrected chi connectivity index (χ0v) is 16.7. The van der Waals surface area contributed by atoms with E-state index < -0.39 is 49.8 Å². The van der Waals surface area contributed by atoms with Crippen molar-refractivity contribution in [2.45, 2.75) is 88.1 Å². The third-order valence-corrected chi connectivity index (χ3v) is 7.66. The minimum absolute atomic E-state index is 0.0721. The van der Waals surface area contributed by atoms with Gasteiger partial charge in [-0.2, -0.15) is 26.3 Å². The van der Waals surface area contributed by atoms with E-state index in [-0.39, 0.29) is 19.3 Å². The summed E-state index contributed by atoms with van der Waals surface area (Å²) in [5, 5.41) is -2.72. The van der Waals surface area contributed by atoms with Crippen LogP contribution in [0.4, 0.5) is 30.7 Å². The van der Waals surface area contributed by atoms with Gasteiger partial charge in [-0.3, -0.25) is 0 Å². The Balaban J connectivity index is 3.13. The van der Waals surface area contributed by atoms with Crippen LogP contribution in [-0.2, 0) is 0 Å². The van der Waals surface area contributed by atoms with Crippen molar-refractivity contribution in [3.63, 3.8) is 0 Å². The molecule has 0 saturated heterocycles. The zero-order chi connectivity index (χ0) is 20.8. The average Bonchev–Trinajstić information content (AvgIpc) is 2.59. The number of hydrogen-bond donors (Lipinski definition) is 0. The fourth-order valence-electron chi connectivity index (χ4n) is 2.98. The number of alkyl halides is 7. The molecule has 0 heterocycles. The Morgan fingerprint density at radius 3 is 2.04 bits per heavy atom. The van der Waals surface area contributed by atoms with Crippen LogP contribution in [0.15, 0.2) is 24.3 Å². The lowest BCUT2D eigenvalue weighted by molar-refractivity contribution is -0.281. The number of rotatable bonds is 12. The van der Waals surface area contributed by atoms with Gasteiger partial charge in [-0.1, -0.05) is 57.8 Å². The minimum Gasteiger partial charge on any atom is -0.234 e. The summed E-state index contributed by atoms with van der Waals surface area (Å²) in [6.45, 7) is 3.46. The Bertz CT molecular complexity index is 516. The predicted molar refractivity (Wildman–Crippen MR) is 97.0 cm³/mol. The van der Waals surface area contributed by atoms with Crippen molar-refractivity contribution < 1.29 is 30.7 Å². The number of allylic oxidation sites excluding steroid dienone is 4. The molecule has 1 aliphatic rings. The number of halogens is 7. The summed E-state index contributed by atoms with van der Waals surface area (Å²) >= 11 is 0. The lowest BCUT2D eigenvalue weighted by Crippen LogP contribution is -2.55. The molecule has 8 heteroatoms. The SMILES string of the molecule is CCCCCCC(F)(F)C(F)(F)C(F)(F)P(CCCC)C1(F)C=CC=CC1. The lowest BCUT2D eigenvalue weighted by atomic mass is 10.0. The van der Waals surface area contributed by atoms with E-state index in [1.54, 1.807) is 6.92 Å². The molecule has 0 radical (unpaired) electrons. The summed E-state index contributed by atoms with van der Waals surface area (Å²) in [6, 6.07) is 0. The van der Waals surface area contributed by atoms with E-state index in [9.17, 15) is 26.3 Å². The highest BCUT2D eigenvalue weighted by atomic mass is 31.1. The molecular weight excluding hydrogens is 392 g/mol. The third kappa shape index (κ3) is 5.48. The highest BCUT2D eigenvalue weighted by Crippen LogP contribution is 2.71. The second kappa shape index (κ2) is 9.76. The van der Waals surface area contributed by atoms with Gasteiger partial charge in [0, 0.05) is 20.8 Å². The van der Waals surface area contributed by atoms with E-state index in [1.807, 2.05) is 6.92 Å². The van der Waals surface area contributed by atoms with Gasteiger partial charge in [0.25, 0.3) is 0 Å². The van der Waals surface area contributed by atoms with Gasteiger partial charge in [-0.05, 0) is 25.1 Å². The van der Waals surface area contributed by atoms with Crippen LogP contribution in [-0.4, -0.2) is 29.1 Å². The second-order valence-corrected chi connectivity index (χ2v) is 9.55. The Morgan fingerprint density at radius 1 is 0.889 bits per heavy atom. The molecule has 0 aromatic heterocycles. The number of unbranched alkanes of at least 4 members (excludes halogenated alkanes) is 4. The van der Waals surface area contributed by atoms with Crippen molar-refractivity contribution in [2.24, 2.45) is 0 Å². The molecule has 1 aliphatic carbocycles. The molecule has 0 nitrogen and oxygen atoms in total. The lowest BCUT2D eigenvalue weighted by Gasteiger charge is -2.42. The van der Waals surface area contributed by atoms with E-state index in [4.69, 9.17) is 0 Å². The van der Waals surface area contributed by atoms with Crippen LogP contribution >= 0.6 is 7.92 Å². The van der Waals surface area contributed by atoms with Crippen LogP contribution < -0.4 is 0 Å². The van der Waals surface area contributed by atoms with Crippen molar-refractivity contribution in [2.75, 3.05) is 6.16 Å². The summed E-state index contributed by atoms with van der Waals surface area (Å²) in [4.78, 5) is 0. The summed E-state index contributed by atoms with van der Waals surface area (Å²) in [6.07, 6.45) is 4.00. The van der Waals surface area contributed by atoms with Crippen LogP contribution in [0.5, 0.6) is 0 Å². The summed E-state index contributed by atoms with van der Waals surface area (Å²) < 4.78 is 102. The van der Waals surface area contributed by atoms with E-state index in [0.29, 0.717) is 19.3 Å². The minimum atomic E-state index is -5.60. The first kappa shape index (κ1) is 24.5. The van der Waals surface area contributed by atoms with Gasteiger partial charge in [0.05, 0.1) is 0 Å². The van der Waals surface area contributed by atoms with E-state index in [0.717, 1.165) is 6.08 Å². The maximum atomic E-state index is 15.2. The molecule has 0 bridgehead atoms. The topological polar surface area (TPSA) is 0 Å². The standard InChI is InChI=1S/C19H28F7P/c1-3-5-7-11-14-17(21,22)18(23,24)19(25,26)27(15-6-4-2)16(20)12-9-8-10-13-16/h8-10,12H,3-7,11,13-15H2,1-2H3. The summed E-state index contributed by atoms with van der Waals surface area (Å²) in [7, 11) is -3.35. The average molecular weight is 420 g/mol. The van der Waals surface area contributed by atoms with Crippen LogP contribution in [0, 0.1) is 0 Å². The van der Waals surface area contributed by atoms with Gasteiger partial charge in [0.15, 0.2) is 5.41 Å². The van der Waals surface area contributed by atoms with E-state index in [2.05, 4.69) is 0 Å². The number of hydrogen-bond acceptors (Lipinski definition) is 0. The summed E-state index contributed by atoms with van der Waals surface area (Å²) in [5.41, 5.74) is -5.12. The monoisotopic (exact) mass is 420 g/mol. The smallest absolute Gasteiger partial charge is 0.234 e. The molecule has 1 rings (SSSR count). The van der Waals surface area contributed by atoms with Gasteiger partial charge in [-0.15, -0.1) is 0 Å². The normalized spacial score (nSPS) is 22.3. The molecule has 0 amide bonds. The maximum Gasteiger partial charge on any atom is 0.375 e. The van der Waals surface area contributed by atoms with Crippen molar-refractivity contribution in [3.05, 3.63) is 24.3 Å². The molecule has 2 atom stereocenters. The van der Waals surface area contributed by atoms with Crippen molar-refractivity contribution in [3.8, 4) is 0 Å². The quantitative estimate of drug-likeness (QED) is 0.169. The van der Waals surface area contributed by atoms with Gasteiger partial charge in [0.1, 0.15) is 0 Å². The Labute approximate surface area is 158 Å². The van der Waals surface area contributed by atoms with Crippen molar-refractivity contribution in [1.82, 2.24) is 0 Å². The van der Waals surface area contributed by atoms with Crippen LogP contribution in [0.25, 0.3) is 0 Å². The molecule has 0 saturated carbocycles. The van der Waals surface area contributed by atoms with Crippen molar-refractivity contribution in [1.29, 1.82) is 0 Å². The Kier molecular flexibility index (Phi) is 8.84. The summed E-state index contributed by atoms with van der Waals surface area (Å²) in [5.74, 6) is -10.5. The fourth-order valence-corrected chi connectivity index (χ4v) is 5.83. The largest absolute Gasteiger partial charge is 0.375 e. The van der Waals surface area contributed by atoms with Gasteiger partial charge >= 0.3 is 17.5 Å². The maximum absolute atomic E-state index is 15.2. The highest BCUT2D eigenvalue weighted by Gasteiger charge is 2.75. The van der Waals surface area contributed by atoms with Gasteiger partial charge in [0.2, 0.25) is 0 Å². The van der Waals surface area contributed by atoms with Gasteiger partial charge < -0.3 is 0 Å². The third-order valence-electron chi connectivity index (χ3n) is 4.71. The van der Waals surface area contributed by atoms with Crippen LogP contribution in [0.3, 0.4) is 0 Å². The van der Waals surface area contributed by atoms with E-state index in [1.165, 1.54) is 18.2 Å². The molecule has 0 N–H and O–H groups in total. The first-order chi connectivity index (χ1) is 12.5. The Hall–Kier alpha value is -0.580. The molecule has 2 unspecified atom stereocenters. The van der Waals surface area contributed by atoms with Crippen LogP contribution in [0.2, 0.25) is 0 Å². The molecule has 0 aromatic carbocycles. The fraction of sp³-hybridized carbons (Fsp3) is 0.789. The molecule has 158 valence electrons. The second-order valence-electron chi connectivity index (χ2n) is 6.95. The molecule has 0 aromatic rings. The first-order valence-electron chi connectivity index (χ1n) is 9.40. The van der Waals surface area contributed by atoms with E-state index >= 15 is 4.39 Å². The Morgan fingerprint density at radius 2 is 1.52 bits per heavy atom. The molecule has 27 heavy (non-hydrogen) atoms.